The van der Waals surface area contributed by atoms with Gasteiger partial charge < -0.3 is 24.4 Å². The normalized spacial score (nSPS) is 12.8. The average Bonchev–Trinajstić information content (AvgIpc) is 3.20. The molecule has 148 valence electrons. The Morgan fingerprint density at radius 3 is 2.45 bits per heavy atom. The number of aliphatic imine (C=N–C) groups is 1. The summed E-state index contributed by atoms with van der Waals surface area (Å²) >= 11 is 0. The van der Waals surface area contributed by atoms with Crippen molar-refractivity contribution in [3.63, 3.8) is 0 Å². The van der Waals surface area contributed by atoms with Crippen molar-refractivity contribution < 1.29 is 24.4 Å². The molecule has 1 aliphatic heterocycles. The molecule has 0 aromatic heterocycles. The zero-order chi connectivity index (χ0) is 20.2. The number of ether oxygens (including phenoxy) is 3. The van der Waals surface area contributed by atoms with Gasteiger partial charge in [-0.05, 0) is 47.5 Å². The third-order valence-electron chi connectivity index (χ3n) is 4.71. The summed E-state index contributed by atoms with van der Waals surface area (Å²) < 4.78 is 16.0. The summed E-state index contributed by atoms with van der Waals surface area (Å²) in [5.41, 5.74) is 3.30. The maximum absolute atomic E-state index is 10.3. The van der Waals surface area contributed by atoms with E-state index >= 15 is 0 Å². The molecule has 3 aromatic carbocycles. The monoisotopic (exact) mass is 391 g/mol. The van der Waals surface area contributed by atoms with Gasteiger partial charge in [0.1, 0.15) is 17.2 Å². The van der Waals surface area contributed by atoms with Crippen molar-refractivity contribution in [2.75, 3.05) is 13.9 Å². The zero-order valence-corrected chi connectivity index (χ0v) is 16.0. The first kappa shape index (κ1) is 18.7. The van der Waals surface area contributed by atoms with Crippen LogP contribution in [0.4, 0.5) is 0 Å². The summed E-state index contributed by atoms with van der Waals surface area (Å²) in [6.07, 6.45) is 0.521. The molecule has 0 fully saturated rings. The van der Waals surface area contributed by atoms with Crippen LogP contribution in [0.15, 0.2) is 65.7 Å². The molecule has 1 aliphatic rings. The molecule has 29 heavy (non-hydrogen) atoms. The number of phenols is 2. The van der Waals surface area contributed by atoms with Crippen LogP contribution in [0.3, 0.4) is 0 Å². The maximum atomic E-state index is 10.3. The zero-order valence-electron chi connectivity index (χ0n) is 16.0. The fraction of sp³-hybridized carbons (Fsp3) is 0.174. The SMILES string of the molecule is COc1ccc(CC(=NCc2ccc3c(c2)OCO3)c2ccc(O)cc2O)cc1. The molecule has 1 heterocycles. The summed E-state index contributed by atoms with van der Waals surface area (Å²) in [4.78, 5) is 4.77. The average molecular weight is 391 g/mol. The van der Waals surface area contributed by atoms with Gasteiger partial charge in [0.05, 0.1) is 19.4 Å². The molecule has 0 saturated heterocycles. The summed E-state index contributed by atoms with van der Waals surface area (Å²) in [6, 6.07) is 18.0. The highest BCUT2D eigenvalue weighted by atomic mass is 16.7. The molecule has 0 saturated carbocycles. The molecule has 6 nitrogen and oxygen atoms in total. The van der Waals surface area contributed by atoms with E-state index in [1.807, 2.05) is 42.5 Å². The largest absolute Gasteiger partial charge is 0.508 e. The third kappa shape index (κ3) is 4.27. The van der Waals surface area contributed by atoms with Crippen LogP contribution in [0, 0.1) is 0 Å². The standard InChI is InChI=1S/C23H21NO5/c1-27-18-6-2-15(3-7-18)10-20(19-8-5-17(25)12-21(19)26)24-13-16-4-9-22-23(11-16)29-14-28-22/h2-9,11-12,25-26H,10,13-14H2,1H3. The Balaban J connectivity index is 1.64. The van der Waals surface area contributed by atoms with Crippen LogP contribution in [0.1, 0.15) is 16.7 Å². The minimum atomic E-state index is -0.0112. The lowest BCUT2D eigenvalue weighted by molar-refractivity contribution is 0.174. The van der Waals surface area contributed by atoms with E-state index in [-0.39, 0.29) is 18.3 Å². The summed E-state index contributed by atoms with van der Waals surface area (Å²) in [5.74, 6) is 2.21. The number of fused-ring (bicyclic) bond motifs is 1. The van der Waals surface area contributed by atoms with Crippen molar-refractivity contribution in [2.45, 2.75) is 13.0 Å². The molecule has 0 aliphatic carbocycles. The highest BCUT2D eigenvalue weighted by Gasteiger charge is 2.14. The Morgan fingerprint density at radius 1 is 0.931 bits per heavy atom. The molecule has 2 N–H and O–H groups in total. The van der Waals surface area contributed by atoms with Crippen molar-refractivity contribution in [2.24, 2.45) is 4.99 Å². The van der Waals surface area contributed by atoms with Crippen LogP contribution in [0.25, 0.3) is 0 Å². The minimum Gasteiger partial charge on any atom is -0.508 e. The second kappa shape index (κ2) is 8.14. The molecule has 0 amide bonds. The Kier molecular flexibility index (Phi) is 5.24. The van der Waals surface area contributed by atoms with Gasteiger partial charge in [0.2, 0.25) is 6.79 Å². The second-order valence-corrected chi connectivity index (χ2v) is 6.68. The van der Waals surface area contributed by atoms with E-state index in [4.69, 9.17) is 19.2 Å². The Labute approximate surface area is 168 Å². The number of hydrogen-bond donors (Lipinski definition) is 2. The van der Waals surface area contributed by atoms with E-state index in [1.54, 1.807) is 19.2 Å². The summed E-state index contributed by atoms with van der Waals surface area (Å²) in [7, 11) is 1.63. The number of methoxy groups -OCH3 is 1. The minimum absolute atomic E-state index is 0.00539. The van der Waals surface area contributed by atoms with Gasteiger partial charge in [0, 0.05) is 18.1 Å². The lowest BCUT2D eigenvalue weighted by Crippen LogP contribution is -2.07. The van der Waals surface area contributed by atoms with Gasteiger partial charge >= 0.3 is 0 Å². The lowest BCUT2D eigenvalue weighted by Gasteiger charge is -2.11. The first-order chi connectivity index (χ1) is 14.1. The molecular formula is C23H21NO5. The molecule has 3 aromatic rings. The molecular weight excluding hydrogens is 370 g/mol. The van der Waals surface area contributed by atoms with Crippen LogP contribution in [0.5, 0.6) is 28.7 Å². The van der Waals surface area contributed by atoms with Gasteiger partial charge in [-0.25, -0.2) is 0 Å². The van der Waals surface area contributed by atoms with Crippen LogP contribution < -0.4 is 14.2 Å². The summed E-state index contributed by atoms with van der Waals surface area (Å²) in [5, 5.41) is 20.0. The number of aromatic hydroxyl groups is 2. The van der Waals surface area contributed by atoms with E-state index in [9.17, 15) is 10.2 Å². The molecule has 6 heteroatoms. The smallest absolute Gasteiger partial charge is 0.231 e. The predicted molar refractivity (Wildman–Crippen MR) is 109 cm³/mol. The van der Waals surface area contributed by atoms with Gasteiger partial charge in [0.15, 0.2) is 11.5 Å². The maximum Gasteiger partial charge on any atom is 0.231 e. The van der Waals surface area contributed by atoms with E-state index in [1.165, 1.54) is 6.07 Å². The molecule has 0 unspecified atom stereocenters. The number of nitrogens with zero attached hydrogens (tertiary/aromatic N) is 1. The molecule has 0 bridgehead atoms. The first-order valence-corrected chi connectivity index (χ1v) is 9.19. The highest BCUT2D eigenvalue weighted by molar-refractivity contribution is 6.04. The van der Waals surface area contributed by atoms with Gasteiger partial charge in [0.25, 0.3) is 0 Å². The van der Waals surface area contributed by atoms with Crippen LogP contribution >= 0.6 is 0 Å². The van der Waals surface area contributed by atoms with E-state index in [0.29, 0.717) is 30.0 Å². The topological polar surface area (TPSA) is 80.5 Å². The fourth-order valence-electron chi connectivity index (χ4n) is 3.16. The van der Waals surface area contributed by atoms with Gasteiger partial charge in [-0.15, -0.1) is 0 Å². The Morgan fingerprint density at radius 2 is 1.69 bits per heavy atom. The molecule has 0 radical (unpaired) electrons. The van der Waals surface area contributed by atoms with Crippen LogP contribution in [0.2, 0.25) is 0 Å². The first-order valence-electron chi connectivity index (χ1n) is 9.19. The number of benzene rings is 3. The van der Waals surface area contributed by atoms with E-state index in [0.717, 1.165) is 22.6 Å². The van der Waals surface area contributed by atoms with Crippen LogP contribution in [-0.2, 0) is 13.0 Å². The molecule has 0 spiro atoms. The third-order valence-corrected chi connectivity index (χ3v) is 4.71. The number of hydrogen-bond acceptors (Lipinski definition) is 6. The van der Waals surface area contributed by atoms with Gasteiger partial charge in [-0.3, -0.25) is 4.99 Å². The number of phenolic OH excluding ortho intramolecular Hbond substituents is 2. The van der Waals surface area contributed by atoms with Crippen molar-refractivity contribution in [1.29, 1.82) is 0 Å². The quantitative estimate of drug-likeness (QED) is 0.619. The lowest BCUT2D eigenvalue weighted by atomic mass is 10.0. The van der Waals surface area contributed by atoms with E-state index < -0.39 is 0 Å². The fourth-order valence-corrected chi connectivity index (χ4v) is 3.16. The highest BCUT2D eigenvalue weighted by Crippen LogP contribution is 2.33. The number of rotatable bonds is 6. The van der Waals surface area contributed by atoms with Crippen molar-refractivity contribution in [1.82, 2.24) is 0 Å². The van der Waals surface area contributed by atoms with Gasteiger partial charge in [-0.2, -0.15) is 0 Å². The Bertz CT molecular complexity index is 1040. The van der Waals surface area contributed by atoms with Crippen LogP contribution in [-0.4, -0.2) is 29.8 Å². The van der Waals surface area contributed by atoms with Crippen molar-refractivity contribution >= 4 is 5.71 Å². The predicted octanol–water partition coefficient (Wildman–Crippen LogP) is 4.07. The van der Waals surface area contributed by atoms with Crippen molar-refractivity contribution in [3.8, 4) is 28.7 Å². The Hall–Kier alpha value is -3.67. The molecule has 4 rings (SSSR count). The van der Waals surface area contributed by atoms with E-state index in [2.05, 4.69) is 0 Å². The second-order valence-electron chi connectivity index (χ2n) is 6.68. The van der Waals surface area contributed by atoms with Crippen molar-refractivity contribution in [3.05, 3.63) is 77.4 Å². The molecule has 0 atom stereocenters. The summed E-state index contributed by atoms with van der Waals surface area (Å²) in [6.45, 7) is 0.647. The van der Waals surface area contributed by atoms with Gasteiger partial charge in [-0.1, -0.05) is 18.2 Å².